The number of pyridine rings is 1. The molecule has 2 saturated heterocycles. The molecule has 1 aromatic heterocycles. The zero-order valence-corrected chi connectivity index (χ0v) is 25.8. The summed E-state index contributed by atoms with van der Waals surface area (Å²) < 4.78 is 6.24. The first-order chi connectivity index (χ1) is 22.0. The van der Waals surface area contributed by atoms with E-state index in [1.165, 1.54) is 17.3 Å². The first-order valence-electron chi connectivity index (χ1n) is 15.5. The summed E-state index contributed by atoms with van der Waals surface area (Å²) in [6.07, 6.45) is 4.22. The van der Waals surface area contributed by atoms with Gasteiger partial charge in [0.2, 0.25) is 0 Å². The Hall–Kier alpha value is -4.13. The van der Waals surface area contributed by atoms with Crippen LogP contribution in [0.25, 0.3) is 16.7 Å². The van der Waals surface area contributed by atoms with Crippen molar-refractivity contribution in [3.8, 4) is 11.1 Å². The molecule has 2 atom stereocenters. The molecule has 0 bridgehead atoms. The number of nitrogens with one attached hydrogen (secondary N) is 4. The van der Waals surface area contributed by atoms with Gasteiger partial charge in [-0.25, -0.2) is 4.98 Å². The minimum Gasteiger partial charge on any atom is -0.395 e. The Balaban J connectivity index is 1.12. The highest BCUT2D eigenvalue weighted by molar-refractivity contribution is 6.09. The molecule has 45 heavy (non-hydrogen) atoms. The summed E-state index contributed by atoms with van der Waals surface area (Å²) >= 11 is 0. The Morgan fingerprint density at radius 2 is 1.73 bits per heavy atom. The van der Waals surface area contributed by atoms with E-state index in [-0.39, 0.29) is 36.0 Å². The Kier molecular flexibility index (Phi) is 11.3. The third-order valence-electron chi connectivity index (χ3n) is 8.42. The maximum absolute atomic E-state index is 13.2. The lowest BCUT2D eigenvalue weighted by molar-refractivity contribution is 0.0358. The number of hydrogen-bond acceptors (Lipinski definition) is 10. The Bertz CT molecular complexity index is 1450. The van der Waals surface area contributed by atoms with Crippen LogP contribution in [0.1, 0.15) is 27.0 Å². The summed E-state index contributed by atoms with van der Waals surface area (Å²) in [5.41, 5.74) is 12.2. The highest BCUT2D eigenvalue weighted by Gasteiger charge is 2.30. The molecular weight excluding hydrogens is 568 g/mol. The van der Waals surface area contributed by atoms with Gasteiger partial charge in [0.25, 0.3) is 5.91 Å². The topological polar surface area (TPSA) is 152 Å². The second kappa shape index (κ2) is 15.7. The quantitative estimate of drug-likeness (QED) is 0.159. The average Bonchev–Trinajstić information content (AvgIpc) is 3.51. The number of carbonyl (C=O) groups is 1. The van der Waals surface area contributed by atoms with Crippen LogP contribution in [0.5, 0.6) is 0 Å². The molecule has 1 amide bonds. The fourth-order valence-electron chi connectivity index (χ4n) is 5.77. The molecule has 5 rings (SSSR count). The largest absolute Gasteiger partial charge is 0.395 e. The first kappa shape index (κ1) is 32.3. The number of nitrogens with zero attached hydrogens (tertiary/aromatic N) is 3. The van der Waals surface area contributed by atoms with E-state index in [9.17, 15) is 4.79 Å². The van der Waals surface area contributed by atoms with Crippen LogP contribution < -0.4 is 21.7 Å². The standard InChI is InChI=1S/C34H44N8O3/c1-37-18-29(17-35)28-16-30(33(36)39-19-28)34(44)40-31-20-38-21-32(31)45-23-25-4-8-27(9-5-25)26-6-2-24(3-7-26)22-42-12-10-41(11-13-42)14-15-43/h2-9,16-19,31-32,35,37-38,43H,10-15,20-23H2,1H3,(H2,36,39)(H,40,44)/b29-18+,35-17?/t31-,32-/m0/s1. The first-order valence-corrected chi connectivity index (χ1v) is 15.5. The average molecular weight is 613 g/mol. The molecule has 7 N–H and O–H groups in total. The SMILES string of the molecule is CN/C=C(\C=N)c1cnc(N)c(C(=O)N[C@H]2CNC[C@@H]2OCc2ccc(-c3ccc(CN4CCN(CCO)CC4)cc3)cc2)c1. The number of nitrogens with two attached hydrogens (primary N) is 1. The molecule has 0 unspecified atom stereocenters. The van der Waals surface area contributed by atoms with Crippen LogP contribution >= 0.6 is 0 Å². The van der Waals surface area contributed by atoms with E-state index in [4.69, 9.17) is 21.0 Å². The van der Waals surface area contributed by atoms with Gasteiger partial charge in [0.05, 0.1) is 30.9 Å². The van der Waals surface area contributed by atoms with E-state index < -0.39 is 0 Å². The van der Waals surface area contributed by atoms with Gasteiger partial charge in [-0.2, -0.15) is 0 Å². The van der Waals surface area contributed by atoms with Crippen LogP contribution in [0.2, 0.25) is 0 Å². The number of piperazine rings is 1. The zero-order chi connectivity index (χ0) is 31.6. The smallest absolute Gasteiger partial charge is 0.255 e. The van der Waals surface area contributed by atoms with Gasteiger partial charge in [-0.15, -0.1) is 0 Å². The molecule has 3 aromatic rings. The van der Waals surface area contributed by atoms with E-state index in [1.807, 2.05) is 0 Å². The van der Waals surface area contributed by atoms with Crippen molar-refractivity contribution in [2.75, 3.05) is 65.2 Å². The second-order valence-electron chi connectivity index (χ2n) is 11.5. The predicted molar refractivity (Wildman–Crippen MR) is 178 cm³/mol. The number of allylic oxidation sites excluding steroid dienone is 1. The summed E-state index contributed by atoms with van der Waals surface area (Å²) in [5.74, 6) is -0.189. The summed E-state index contributed by atoms with van der Waals surface area (Å²) in [5, 5.41) is 26.1. The molecule has 2 fully saturated rings. The van der Waals surface area contributed by atoms with E-state index >= 15 is 0 Å². The number of aliphatic hydroxyl groups excluding tert-OH is 1. The number of anilines is 1. The van der Waals surface area contributed by atoms with Crippen molar-refractivity contribution >= 4 is 23.5 Å². The number of β-amino-alcohol motifs (C(OH)–C–C–N with tert-alkyl or cyclic N) is 1. The fourth-order valence-corrected chi connectivity index (χ4v) is 5.77. The van der Waals surface area contributed by atoms with Crippen LogP contribution in [0.15, 0.2) is 67.0 Å². The molecule has 0 radical (unpaired) electrons. The molecule has 0 saturated carbocycles. The molecule has 2 aliphatic rings. The Morgan fingerprint density at radius 3 is 2.38 bits per heavy atom. The van der Waals surface area contributed by atoms with Crippen molar-refractivity contribution in [1.82, 2.24) is 30.7 Å². The van der Waals surface area contributed by atoms with Gasteiger partial charge in [-0.1, -0.05) is 48.5 Å². The molecule has 11 heteroatoms. The van der Waals surface area contributed by atoms with Crippen LogP contribution in [0, 0.1) is 5.41 Å². The van der Waals surface area contributed by atoms with Gasteiger partial charge >= 0.3 is 0 Å². The summed E-state index contributed by atoms with van der Waals surface area (Å²) in [7, 11) is 1.74. The molecule has 3 heterocycles. The molecule has 238 valence electrons. The summed E-state index contributed by atoms with van der Waals surface area (Å²) in [6, 6.07) is 18.6. The zero-order valence-electron chi connectivity index (χ0n) is 25.8. The van der Waals surface area contributed by atoms with Gasteiger partial charge in [0.1, 0.15) is 5.82 Å². The van der Waals surface area contributed by atoms with Crippen LogP contribution in [0.4, 0.5) is 5.82 Å². The molecule has 0 aliphatic carbocycles. The third-order valence-corrected chi connectivity index (χ3v) is 8.42. The molecule has 2 aliphatic heterocycles. The van der Waals surface area contributed by atoms with Gasteiger partial charge in [-0.05, 0) is 28.3 Å². The van der Waals surface area contributed by atoms with Crippen molar-refractivity contribution in [2.24, 2.45) is 0 Å². The fraction of sp³-hybridized carbons (Fsp3) is 0.382. The van der Waals surface area contributed by atoms with Crippen LogP contribution in [-0.2, 0) is 17.9 Å². The maximum Gasteiger partial charge on any atom is 0.255 e. The second-order valence-corrected chi connectivity index (χ2v) is 11.5. The third kappa shape index (κ3) is 8.53. The van der Waals surface area contributed by atoms with Crippen molar-refractivity contribution in [2.45, 2.75) is 25.3 Å². The highest BCUT2D eigenvalue weighted by Crippen LogP contribution is 2.22. The lowest BCUT2D eigenvalue weighted by Crippen LogP contribution is -2.46. The molecule has 0 spiro atoms. The van der Waals surface area contributed by atoms with Gasteiger partial charge < -0.3 is 36.9 Å². The summed E-state index contributed by atoms with van der Waals surface area (Å²) in [4.78, 5) is 22.1. The van der Waals surface area contributed by atoms with Crippen LogP contribution in [0.3, 0.4) is 0 Å². The van der Waals surface area contributed by atoms with E-state index in [0.29, 0.717) is 30.8 Å². The van der Waals surface area contributed by atoms with Gasteiger partial charge in [-0.3, -0.25) is 14.6 Å². The molecular formula is C34H44N8O3. The minimum atomic E-state index is -0.325. The van der Waals surface area contributed by atoms with Crippen molar-refractivity contribution in [3.63, 3.8) is 0 Å². The summed E-state index contributed by atoms with van der Waals surface area (Å²) in [6.45, 7) is 7.64. The number of ether oxygens (including phenoxy) is 1. The lowest BCUT2D eigenvalue weighted by atomic mass is 10.0. The predicted octanol–water partition coefficient (Wildman–Crippen LogP) is 1.94. The number of aliphatic hydroxyl groups is 1. The Morgan fingerprint density at radius 1 is 1.07 bits per heavy atom. The number of rotatable bonds is 13. The number of hydrogen-bond donors (Lipinski definition) is 6. The monoisotopic (exact) mass is 612 g/mol. The molecule has 2 aromatic carbocycles. The number of amides is 1. The van der Waals surface area contributed by atoms with E-state index in [0.717, 1.165) is 50.4 Å². The van der Waals surface area contributed by atoms with E-state index in [1.54, 1.807) is 25.5 Å². The van der Waals surface area contributed by atoms with Crippen molar-refractivity contribution in [1.29, 1.82) is 5.41 Å². The minimum absolute atomic E-state index is 0.136. The molecule has 11 nitrogen and oxygen atoms in total. The van der Waals surface area contributed by atoms with Crippen molar-refractivity contribution < 1.29 is 14.6 Å². The number of carbonyl (C=O) groups excluding carboxylic acids is 1. The van der Waals surface area contributed by atoms with Gasteiger partial charge in [0.15, 0.2) is 0 Å². The van der Waals surface area contributed by atoms with E-state index in [2.05, 4.69) is 79.3 Å². The number of nitrogen functional groups attached to an aromatic ring is 1. The normalized spacial score (nSPS) is 19.4. The maximum atomic E-state index is 13.2. The Labute approximate surface area is 265 Å². The lowest BCUT2D eigenvalue weighted by Gasteiger charge is -2.34. The number of benzene rings is 2. The van der Waals surface area contributed by atoms with Crippen molar-refractivity contribution in [3.05, 3.63) is 89.2 Å². The van der Waals surface area contributed by atoms with Gasteiger partial charge in [0, 0.05) is 89.2 Å². The number of aromatic nitrogens is 1. The van der Waals surface area contributed by atoms with Crippen LogP contribution in [-0.4, -0.2) is 104 Å². The highest BCUT2D eigenvalue weighted by atomic mass is 16.5.